The molecule has 16 heavy (non-hydrogen) atoms. The molecule has 1 rings (SSSR count). The molecule has 0 aromatic rings. The molecule has 0 aliphatic heterocycles. The molecule has 1 amide bonds. The summed E-state index contributed by atoms with van der Waals surface area (Å²) in [6, 6.07) is 0. The topological polar surface area (TPSA) is 49.3 Å². The van der Waals surface area contributed by atoms with Gasteiger partial charge >= 0.3 is 6.18 Å². The Balaban J connectivity index is 2.61. The highest BCUT2D eigenvalue weighted by Crippen LogP contribution is 2.34. The van der Waals surface area contributed by atoms with Crippen molar-refractivity contribution < 1.29 is 23.1 Å². The van der Waals surface area contributed by atoms with E-state index in [2.05, 4.69) is 5.32 Å². The average Bonchev–Trinajstić information content (AvgIpc) is 2.25. The molecule has 90 valence electrons. The molecule has 3 nitrogen and oxygen atoms in total. The number of alkyl halides is 3. The van der Waals surface area contributed by atoms with Crippen molar-refractivity contribution in [2.24, 2.45) is 5.92 Å². The second-order valence-corrected chi connectivity index (χ2v) is 3.41. The highest BCUT2D eigenvalue weighted by molar-refractivity contribution is 5.94. The summed E-state index contributed by atoms with van der Waals surface area (Å²) >= 11 is 0. The van der Waals surface area contributed by atoms with Crippen molar-refractivity contribution in [3.8, 4) is 0 Å². The van der Waals surface area contributed by atoms with Crippen molar-refractivity contribution in [3.63, 3.8) is 0 Å². The van der Waals surface area contributed by atoms with Gasteiger partial charge in [-0.1, -0.05) is 18.2 Å². The number of hydrogen-bond acceptors (Lipinski definition) is 2. The predicted molar refractivity (Wildman–Crippen MR) is 51.5 cm³/mol. The number of halogens is 3. The number of hydrogen-bond donors (Lipinski definition) is 2. The maximum atomic E-state index is 12.4. The van der Waals surface area contributed by atoms with Gasteiger partial charge in [-0.15, -0.1) is 0 Å². The van der Waals surface area contributed by atoms with E-state index in [9.17, 15) is 18.0 Å². The fourth-order valence-corrected chi connectivity index (χ4v) is 1.36. The summed E-state index contributed by atoms with van der Waals surface area (Å²) in [4.78, 5) is 11.3. The molecule has 1 aliphatic carbocycles. The van der Waals surface area contributed by atoms with Gasteiger partial charge in [-0.3, -0.25) is 4.79 Å². The average molecular weight is 235 g/mol. The summed E-state index contributed by atoms with van der Waals surface area (Å²) in [5.74, 6) is -2.17. The number of aliphatic hydroxyl groups is 1. The zero-order valence-corrected chi connectivity index (χ0v) is 8.42. The van der Waals surface area contributed by atoms with Crippen molar-refractivity contribution >= 4 is 5.91 Å². The molecule has 1 aliphatic rings. The van der Waals surface area contributed by atoms with E-state index in [0.717, 1.165) is 6.08 Å². The van der Waals surface area contributed by atoms with E-state index >= 15 is 0 Å². The molecule has 0 unspecified atom stereocenters. The first-order valence-electron chi connectivity index (χ1n) is 4.78. The van der Waals surface area contributed by atoms with Gasteiger partial charge in [-0.05, 0) is 6.42 Å². The lowest BCUT2D eigenvalue weighted by atomic mass is 9.93. The van der Waals surface area contributed by atoms with E-state index < -0.39 is 18.0 Å². The number of nitrogens with one attached hydrogen (secondary N) is 1. The molecule has 0 aromatic heterocycles. The third kappa shape index (κ3) is 3.37. The van der Waals surface area contributed by atoms with Crippen LogP contribution in [0.25, 0.3) is 0 Å². The van der Waals surface area contributed by atoms with Crippen LogP contribution in [0.1, 0.15) is 6.42 Å². The Bertz CT molecular complexity index is 321. The van der Waals surface area contributed by atoms with Crippen LogP contribution in [0, 0.1) is 5.92 Å². The zero-order valence-electron chi connectivity index (χ0n) is 8.42. The SMILES string of the molecule is O=C(NCCO)C1=CC=C[C@H](C(F)(F)F)C1. The van der Waals surface area contributed by atoms with Crippen LogP contribution < -0.4 is 5.32 Å². The molecule has 0 radical (unpaired) electrons. The van der Waals surface area contributed by atoms with Crippen molar-refractivity contribution in [2.45, 2.75) is 12.6 Å². The van der Waals surface area contributed by atoms with E-state index in [-0.39, 0.29) is 25.1 Å². The van der Waals surface area contributed by atoms with Gasteiger partial charge in [-0.25, -0.2) is 0 Å². The Labute approximate surface area is 90.6 Å². The monoisotopic (exact) mass is 235 g/mol. The van der Waals surface area contributed by atoms with Crippen LogP contribution in [0.3, 0.4) is 0 Å². The highest BCUT2D eigenvalue weighted by atomic mass is 19.4. The van der Waals surface area contributed by atoms with Crippen molar-refractivity contribution in [1.82, 2.24) is 5.32 Å². The van der Waals surface area contributed by atoms with E-state index in [0.29, 0.717) is 0 Å². The third-order valence-electron chi connectivity index (χ3n) is 2.19. The van der Waals surface area contributed by atoms with Crippen molar-refractivity contribution in [1.29, 1.82) is 0 Å². The fraction of sp³-hybridized carbons (Fsp3) is 0.500. The summed E-state index contributed by atoms with van der Waals surface area (Å²) in [5.41, 5.74) is 0.0817. The van der Waals surface area contributed by atoms with Gasteiger partial charge in [0.1, 0.15) is 0 Å². The van der Waals surface area contributed by atoms with Gasteiger partial charge in [0, 0.05) is 12.1 Å². The molecule has 0 bridgehead atoms. The van der Waals surface area contributed by atoms with E-state index in [1.807, 2.05) is 0 Å². The van der Waals surface area contributed by atoms with Crippen molar-refractivity contribution in [2.75, 3.05) is 13.2 Å². The number of allylic oxidation sites excluding steroid dienone is 3. The molecular formula is C10H12F3NO2. The van der Waals surface area contributed by atoms with Crippen LogP contribution in [0.2, 0.25) is 0 Å². The standard InChI is InChI=1S/C10H12F3NO2/c11-10(12,13)8-3-1-2-7(6-8)9(16)14-4-5-15/h1-3,8,15H,4-6H2,(H,14,16)/t8-/m0/s1. The van der Waals surface area contributed by atoms with Crippen molar-refractivity contribution in [3.05, 3.63) is 23.8 Å². The van der Waals surface area contributed by atoms with Crippen LogP contribution in [0.15, 0.2) is 23.8 Å². The van der Waals surface area contributed by atoms with Gasteiger partial charge in [0.2, 0.25) is 5.91 Å². The summed E-state index contributed by atoms with van der Waals surface area (Å²) < 4.78 is 37.1. The predicted octanol–water partition coefficient (Wildman–Crippen LogP) is 1.16. The van der Waals surface area contributed by atoms with Gasteiger partial charge in [0.15, 0.2) is 0 Å². The molecule has 0 aromatic carbocycles. The van der Waals surface area contributed by atoms with Gasteiger partial charge in [0.25, 0.3) is 0 Å². The third-order valence-corrected chi connectivity index (χ3v) is 2.19. The highest BCUT2D eigenvalue weighted by Gasteiger charge is 2.39. The Kier molecular flexibility index (Phi) is 4.12. The Hall–Kier alpha value is -1.30. The lowest BCUT2D eigenvalue weighted by Gasteiger charge is -2.20. The molecule has 6 heteroatoms. The van der Waals surface area contributed by atoms with Crippen LogP contribution >= 0.6 is 0 Å². The molecule has 0 heterocycles. The first-order chi connectivity index (χ1) is 7.45. The number of amides is 1. The number of carbonyl (C=O) groups excluding carboxylic acids is 1. The zero-order chi connectivity index (χ0) is 12.2. The lowest BCUT2D eigenvalue weighted by molar-refractivity contribution is -0.161. The summed E-state index contributed by atoms with van der Waals surface area (Å²) in [7, 11) is 0. The minimum atomic E-state index is -4.33. The van der Waals surface area contributed by atoms with Crippen LogP contribution in [-0.2, 0) is 4.79 Å². The summed E-state index contributed by atoms with van der Waals surface area (Å²) in [5, 5.41) is 10.8. The lowest BCUT2D eigenvalue weighted by Crippen LogP contribution is -2.31. The first kappa shape index (κ1) is 12.8. The maximum absolute atomic E-state index is 12.4. The molecule has 0 saturated carbocycles. The molecule has 0 spiro atoms. The minimum Gasteiger partial charge on any atom is -0.395 e. The largest absolute Gasteiger partial charge is 0.395 e. The molecular weight excluding hydrogens is 223 g/mol. The Morgan fingerprint density at radius 3 is 2.81 bits per heavy atom. The fourth-order valence-electron chi connectivity index (χ4n) is 1.36. The normalized spacial score (nSPS) is 20.5. The quantitative estimate of drug-likeness (QED) is 0.771. The van der Waals surface area contributed by atoms with E-state index in [1.165, 1.54) is 12.2 Å². The van der Waals surface area contributed by atoms with Crippen LogP contribution in [-0.4, -0.2) is 30.3 Å². The summed E-state index contributed by atoms with van der Waals surface area (Å²) in [6.07, 6.45) is -1.06. The second-order valence-electron chi connectivity index (χ2n) is 3.41. The second kappa shape index (κ2) is 5.16. The molecule has 1 atom stereocenters. The van der Waals surface area contributed by atoms with Gasteiger partial charge in [0.05, 0.1) is 12.5 Å². The Morgan fingerprint density at radius 1 is 1.56 bits per heavy atom. The summed E-state index contributed by atoms with van der Waals surface area (Å²) in [6.45, 7) is -0.200. The molecule has 2 N–H and O–H groups in total. The van der Waals surface area contributed by atoms with Gasteiger partial charge < -0.3 is 10.4 Å². The van der Waals surface area contributed by atoms with E-state index in [4.69, 9.17) is 5.11 Å². The number of aliphatic hydroxyl groups excluding tert-OH is 1. The van der Waals surface area contributed by atoms with E-state index in [1.54, 1.807) is 0 Å². The first-order valence-corrected chi connectivity index (χ1v) is 4.78. The van der Waals surface area contributed by atoms with Gasteiger partial charge in [-0.2, -0.15) is 13.2 Å². The molecule has 0 fully saturated rings. The molecule has 0 saturated heterocycles. The minimum absolute atomic E-state index is 0.0383. The van der Waals surface area contributed by atoms with Crippen LogP contribution in [0.4, 0.5) is 13.2 Å². The number of carbonyl (C=O) groups is 1. The maximum Gasteiger partial charge on any atom is 0.395 e. The van der Waals surface area contributed by atoms with Crippen LogP contribution in [0.5, 0.6) is 0 Å². The smallest absolute Gasteiger partial charge is 0.395 e. The Morgan fingerprint density at radius 2 is 2.25 bits per heavy atom. The number of rotatable bonds is 3.